The fraction of sp³-hybridized carbons (Fsp3) is 0.522. The van der Waals surface area contributed by atoms with Gasteiger partial charge in [0.25, 0.3) is 0 Å². The summed E-state index contributed by atoms with van der Waals surface area (Å²) in [4.78, 5) is 11.3. The molecule has 0 unspecified atom stereocenters. The lowest BCUT2D eigenvalue weighted by Gasteiger charge is -2.23. The average Bonchev–Trinajstić information content (AvgIpc) is 2.77. The Balaban J connectivity index is 0.00000233. The normalized spacial score (nSPS) is 10.5. The Hall–Kier alpha value is -2.87. The van der Waals surface area contributed by atoms with Crippen molar-refractivity contribution >= 4 is 23.4 Å². The van der Waals surface area contributed by atoms with Crippen LogP contribution < -0.4 is 26.1 Å². The summed E-state index contributed by atoms with van der Waals surface area (Å²) in [5, 5.41) is 7.37. The van der Waals surface area contributed by atoms with Crippen molar-refractivity contribution < 1.29 is 4.74 Å². The Morgan fingerprint density at radius 3 is 2.48 bits per heavy atom. The number of benzene rings is 1. The van der Waals surface area contributed by atoms with Crippen LogP contribution in [0.25, 0.3) is 0 Å². The third kappa shape index (κ3) is 9.21. The van der Waals surface area contributed by atoms with Crippen LogP contribution in [0.3, 0.4) is 0 Å². The molecule has 0 radical (unpaired) electrons. The lowest BCUT2D eigenvalue weighted by molar-refractivity contribution is 0.293. The number of aromatic nitrogens is 2. The zero-order chi connectivity index (χ0) is 23.1. The van der Waals surface area contributed by atoms with Crippen LogP contribution in [0.5, 0.6) is 6.01 Å². The number of nitrogens with zero attached hydrogens (tertiary/aromatic N) is 4. The quantitative estimate of drug-likeness (QED) is 0.202. The molecule has 1 aromatic carbocycles. The molecule has 8 nitrogen and oxygen atoms in total. The molecule has 0 saturated carbocycles. The first kappa shape index (κ1) is 26.2. The van der Waals surface area contributed by atoms with Gasteiger partial charge in [0, 0.05) is 25.7 Å². The van der Waals surface area contributed by atoms with Gasteiger partial charge in [0.1, 0.15) is 12.4 Å². The summed E-state index contributed by atoms with van der Waals surface area (Å²) >= 11 is 0. The van der Waals surface area contributed by atoms with Crippen LogP contribution in [-0.4, -0.2) is 49.5 Å². The number of nitrogen functional groups attached to an aromatic ring is 1. The molecule has 0 fully saturated rings. The smallest absolute Gasteiger partial charge is 0.319 e. The number of aryl methyl sites for hydroxylation is 1. The highest BCUT2D eigenvalue weighted by Crippen LogP contribution is 2.20. The molecule has 0 aliphatic rings. The lowest BCUT2D eigenvalue weighted by atomic mass is 10.2. The highest BCUT2D eigenvalue weighted by molar-refractivity contribution is 5.80. The summed E-state index contributed by atoms with van der Waals surface area (Å²) in [5.74, 6) is 0.847. The van der Waals surface area contributed by atoms with Crippen molar-refractivity contribution in [2.24, 2.45) is 5.10 Å². The lowest BCUT2D eigenvalue weighted by Crippen LogP contribution is -2.26. The predicted molar refractivity (Wildman–Crippen MR) is 132 cm³/mol. The highest BCUT2D eigenvalue weighted by atomic mass is 16.5. The van der Waals surface area contributed by atoms with Gasteiger partial charge in [0.2, 0.25) is 0 Å². The molecular formula is C23H39N7O. The summed E-state index contributed by atoms with van der Waals surface area (Å²) in [6, 6.07) is 8.06. The molecule has 0 aliphatic carbocycles. The van der Waals surface area contributed by atoms with Crippen molar-refractivity contribution in [3.63, 3.8) is 0 Å². The summed E-state index contributed by atoms with van der Waals surface area (Å²) in [6.45, 7) is 13.4. The third-order valence-corrected chi connectivity index (χ3v) is 4.20. The molecule has 172 valence electrons. The van der Waals surface area contributed by atoms with Gasteiger partial charge < -0.3 is 20.7 Å². The van der Waals surface area contributed by atoms with Crippen LogP contribution in [-0.2, 0) is 0 Å². The number of nitrogens with two attached hydrogens (primary N) is 1. The van der Waals surface area contributed by atoms with Crippen molar-refractivity contribution in [3.8, 4) is 6.01 Å². The number of anilines is 3. The fourth-order valence-corrected chi connectivity index (χ4v) is 2.78. The topological polar surface area (TPSA) is 101 Å². The molecule has 0 aliphatic heterocycles. The third-order valence-electron chi connectivity index (χ3n) is 4.20. The molecule has 2 aromatic rings. The standard InChI is InChI=1S/C21H33N7O.C2H6/c1-5-10-28(11-6-2)20-14-17(25-21(26-20)29-12-9-23-4)15-24-27-19-13-16(3)7-8-18(19)22;1-2/h7-8,13-15,23,27H,5-6,9-12,22H2,1-4H3;1-2H3/b24-15+;. The first-order valence-electron chi connectivity index (χ1n) is 11.1. The Labute approximate surface area is 187 Å². The van der Waals surface area contributed by atoms with Gasteiger partial charge in [0.15, 0.2) is 0 Å². The second-order valence-corrected chi connectivity index (χ2v) is 6.83. The van der Waals surface area contributed by atoms with Crippen molar-refractivity contribution in [2.45, 2.75) is 47.5 Å². The maximum absolute atomic E-state index is 6.00. The molecule has 0 bridgehead atoms. The van der Waals surface area contributed by atoms with Crippen LogP contribution in [0, 0.1) is 6.92 Å². The van der Waals surface area contributed by atoms with E-state index in [0.717, 1.165) is 49.5 Å². The van der Waals surface area contributed by atoms with E-state index in [1.54, 1.807) is 6.21 Å². The minimum Gasteiger partial charge on any atom is -0.462 e. The van der Waals surface area contributed by atoms with E-state index in [1.165, 1.54) is 0 Å². The monoisotopic (exact) mass is 429 g/mol. The van der Waals surface area contributed by atoms with E-state index in [2.05, 4.69) is 44.6 Å². The Kier molecular flexibility index (Phi) is 12.7. The molecule has 0 saturated heterocycles. The van der Waals surface area contributed by atoms with Gasteiger partial charge in [-0.1, -0.05) is 33.8 Å². The molecule has 0 spiro atoms. The number of hydrazone groups is 1. The average molecular weight is 430 g/mol. The van der Waals surface area contributed by atoms with Gasteiger partial charge in [-0.15, -0.1) is 0 Å². The summed E-state index contributed by atoms with van der Waals surface area (Å²) < 4.78 is 5.72. The number of ether oxygens (including phenoxy) is 1. The van der Waals surface area contributed by atoms with Crippen molar-refractivity contribution in [3.05, 3.63) is 35.5 Å². The van der Waals surface area contributed by atoms with Crippen molar-refractivity contribution in [2.75, 3.05) is 49.3 Å². The molecule has 0 amide bonds. The van der Waals surface area contributed by atoms with Crippen molar-refractivity contribution in [1.29, 1.82) is 0 Å². The van der Waals surface area contributed by atoms with Gasteiger partial charge >= 0.3 is 6.01 Å². The summed E-state index contributed by atoms with van der Waals surface area (Å²) in [7, 11) is 1.88. The van der Waals surface area contributed by atoms with E-state index in [1.807, 2.05) is 52.1 Å². The van der Waals surface area contributed by atoms with E-state index < -0.39 is 0 Å². The molecule has 0 atom stereocenters. The molecule has 1 heterocycles. The second-order valence-electron chi connectivity index (χ2n) is 6.83. The maximum Gasteiger partial charge on any atom is 0.319 e. The van der Waals surface area contributed by atoms with E-state index in [-0.39, 0.29) is 0 Å². The number of hydrogen-bond donors (Lipinski definition) is 3. The fourth-order valence-electron chi connectivity index (χ4n) is 2.78. The molecule has 1 aromatic heterocycles. The van der Waals surface area contributed by atoms with E-state index in [9.17, 15) is 0 Å². The van der Waals surface area contributed by atoms with Crippen molar-refractivity contribution in [1.82, 2.24) is 15.3 Å². The maximum atomic E-state index is 6.00. The van der Waals surface area contributed by atoms with Gasteiger partial charge in [0.05, 0.1) is 23.3 Å². The second kappa shape index (κ2) is 15.0. The molecular weight excluding hydrogens is 390 g/mol. The molecule has 31 heavy (non-hydrogen) atoms. The minimum atomic E-state index is 0.353. The number of rotatable bonds is 12. The largest absolute Gasteiger partial charge is 0.462 e. The van der Waals surface area contributed by atoms with E-state index in [4.69, 9.17) is 10.5 Å². The van der Waals surface area contributed by atoms with Crippen LogP contribution >= 0.6 is 0 Å². The van der Waals surface area contributed by atoms with E-state index in [0.29, 0.717) is 24.0 Å². The van der Waals surface area contributed by atoms with Crippen LogP contribution in [0.4, 0.5) is 17.2 Å². The molecule has 8 heteroatoms. The summed E-state index contributed by atoms with van der Waals surface area (Å²) in [6.07, 6.45) is 3.74. The van der Waals surface area contributed by atoms with Gasteiger partial charge in [-0.2, -0.15) is 15.1 Å². The number of likely N-dealkylation sites (N-methyl/N-ethyl adjacent to an activating group) is 1. The Bertz CT molecular complexity index is 789. The van der Waals surface area contributed by atoms with Crippen LogP contribution in [0.1, 0.15) is 51.8 Å². The predicted octanol–water partition coefficient (Wildman–Crippen LogP) is 4.06. The van der Waals surface area contributed by atoms with Crippen LogP contribution in [0.15, 0.2) is 29.4 Å². The summed E-state index contributed by atoms with van der Waals surface area (Å²) in [5.41, 5.74) is 12.2. The first-order valence-corrected chi connectivity index (χ1v) is 11.1. The molecule has 2 rings (SSSR count). The zero-order valence-electron chi connectivity index (χ0n) is 19.9. The van der Waals surface area contributed by atoms with Gasteiger partial charge in [-0.3, -0.25) is 5.43 Å². The number of nitrogens with one attached hydrogen (secondary N) is 2. The van der Waals surface area contributed by atoms with Gasteiger partial charge in [-0.25, -0.2) is 0 Å². The highest BCUT2D eigenvalue weighted by Gasteiger charge is 2.11. The Morgan fingerprint density at radius 2 is 1.84 bits per heavy atom. The van der Waals surface area contributed by atoms with Crippen LogP contribution in [0.2, 0.25) is 0 Å². The first-order chi connectivity index (χ1) is 15.1. The zero-order valence-corrected chi connectivity index (χ0v) is 19.9. The van der Waals surface area contributed by atoms with Gasteiger partial charge in [-0.05, 0) is 44.5 Å². The molecule has 4 N–H and O–H groups in total. The van der Waals surface area contributed by atoms with E-state index >= 15 is 0 Å². The number of hydrogen-bond acceptors (Lipinski definition) is 8. The Morgan fingerprint density at radius 1 is 1.13 bits per heavy atom. The minimum absolute atomic E-state index is 0.353. The SMILES string of the molecule is CC.CCCN(CCC)c1cc(/C=N/Nc2cc(C)ccc2N)nc(OCCNC)n1.